The fourth-order valence-electron chi connectivity index (χ4n) is 4.08. The Balaban J connectivity index is 1.29. The molecule has 0 N–H and O–H groups in total. The second kappa shape index (κ2) is 6.46. The third-order valence-corrected chi connectivity index (χ3v) is 5.34. The second-order valence-electron chi connectivity index (χ2n) is 7.11. The van der Waals surface area contributed by atoms with Crippen molar-refractivity contribution < 1.29 is 4.52 Å². The van der Waals surface area contributed by atoms with Gasteiger partial charge in [-0.05, 0) is 32.2 Å². The van der Waals surface area contributed by atoms with Crippen molar-refractivity contribution in [3.8, 4) is 11.3 Å². The molecular weight excluding hydrogens is 286 g/mol. The van der Waals surface area contributed by atoms with Crippen molar-refractivity contribution >= 4 is 0 Å². The molecule has 122 valence electrons. The predicted molar refractivity (Wildman–Crippen MR) is 91.0 cm³/mol. The summed E-state index contributed by atoms with van der Waals surface area (Å²) in [6, 6.07) is 13.1. The molecule has 1 saturated heterocycles. The number of likely N-dealkylation sites (N-methyl/N-ethyl adjacent to an activating group) is 1. The first-order chi connectivity index (χ1) is 11.3. The lowest BCUT2D eigenvalue weighted by Crippen LogP contribution is -2.38. The van der Waals surface area contributed by atoms with Crippen LogP contribution in [-0.2, 0) is 6.54 Å². The topological polar surface area (TPSA) is 32.5 Å². The van der Waals surface area contributed by atoms with Crippen LogP contribution in [0.25, 0.3) is 11.3 Å². The van der Waals surface area contributed by atoms with Crippen LogP contribution in [0.3, 0.4) is 0 Å². The first-order valence-electron chi connectivity index (χ1n) is 8.71. The third-order valence-electron chi connectivity index (χ3n) is 5.34. The first kappa shape index (κ1) is 14.9. The molecule has 4 heteroatoms. The minimum Gasteiger partial charge on any atom is -0.356 e. The van der Waals surface area contributed by atoms with Crippen LogP contribution in [0.5, 0.6) is 0 Å². The summed E-state index contributed by atoms with van der Waals surface area (Å²) in [4.78, 5) is 5.03. The highest BCUT2D eigenvalue weighted by Gasteiger charge is 2.37. The van der Waals surface area contributed by atoms with E-state index in [4.69, 9.17) is 4.52 Å². The Bertz CT molecular complexity index is 639. The maximum absolute atomic E-state index is 5.48. The van der Waals surface area contributed by atoms with Gasteiger partial charge in [-0.25, -0.2) is 0 Å². The molecule has 2 aromatic rings. The molecule has 4 nitrogen and oxygen atoms in total. The van der Waals surface area contributed by atoms with Crippen LogP contribution < -0.4 is 0 Å². The molecule has 0 spiro atoms. The van der Waals surface area contributed by atoms with Crippen molar-refractivity contribution in [2.45, 2.75) is 31.8 Å². The van der Waals surface area contributed by atoms with E-state index in [1.54, 1.807) is 0 Å². The average Bonchev–Trinajstić information content (AvgIpc) is 3.30. The molecule has 23 heavy (non-hydrogen) atoms. The van der Waals surface area contributed by atoms with Gasteiger partial charge in [0.05, 0.1) is 5.69 Å². The lowest BCUT2D eigenvalue weighted by molar-refractivity contribution is 0.181. The molecule has 1 aromatic carbocycles. The fourth-order valence-corrected chi connectivity index (χ4v) is 4.08. The fraction of sp³-hybridized carbons (Fsp3) is 0.526. The van der Waals surface area contributed by atoms with E-state index in [-0.39, 0.29) is 0 Å². The van der Waals surface area contributed by atoms with Crippen LogP contribution in [0.1, 0.15) is 25.0 Å². The molecule has 2 heterocycles. The standard InChI is InChI=1S/C19H25N3O/c1-21(9-10-22-13-15-7-8-18(22)11-15)14-17-12-19(23-20-17)16-5-3-2-4-6-16/h2-6,12,15,18H,7-11,13-14H2,1H3/t15-,18+/m1/s1. The SMILES string of the molecule is CN(CCN1C[C@@H]2CC[C@H]1C2)Cc1cc(-c2ccccc2)on1. The van der Waals surface area contributed by atoms with Crippen molar-refractivity contribution in [2.75, 3.05) is 26.7 Å². The van der Waals surface area contributed by atoms with Gasteiger partial charge in [-0.15, -0.1) is 0 Å². The van der Waals surface area contributed by atoms with E-state index >= 15 is 0 Å². The first-order valence-corrected chi connectivity index (χ1v) is 8.71. The lowest BCUT2D eigenvalue weighted by atomic mass is 10.1. The number of likely N-dealkylation sites (tertiary alicyclic amines) is 1. The van der Waals surface area contributed by atoms with Gasteiger partial charge in [0.25, 0.3) is 0 Å². The maximum atomic E-state index is 5.48. The number of hydrogen-bond acceptors (Lipinski definition) is 4. The zero-order valence-electron chi connectivity index (χ0n) is 13.8. The number of nitrogens with zero attached hydrogens (tertiary/aromatic N) is 3. The second-order valence-corrected chi connectivity index (χ2v) is 7.11. The Kier molecular flexibility index (Phi) is 4.19. The van der Waals surface area contributed by atoms with Crippen molar-refractivity contribution in [1.82, 2.24) is 15.0 Å². The molecule has 0 unspecified atom stereocenters. The number of rotatable bonds is 6. The number of fused-ring (bicyclic) bond motifs is 2. The van der Waals surface area contributed by atoms with Gasteiger partial charge in [-0.2, -0.15) is 0 Å². The van der Waals surface area contributed by atoms with Crippen LogP contribution in [-0.4, -0.2) is 47.7 Å². The van der Waals surface area contributed by atoms with E-state index in [0.717, 1.165) is 42.1 Å². The molecule has 2 fully saturated rings. The summed E-state index contributed by atoms with van der Waals surface area (Å²) in [7, 11) is 2.17. The Labute approximate surface area is 138 Å². The van der Waals surface area contributed by atoms with Gasteiger partial charge in [0.15, 0.2) is 5.76 Å². The molecule has 1 aliphatic carbocycles. The molecule has 1 saturated carbocycles. The number of piperidine rings is 1. The zero-order valence-corrected chi connectivity index (χ0v) is 13.8. The number of aromatic nitrogens is 1. The summed E-state index contributed by atoms with van der Waals surface area (Å²) in [5.41, 5.74) is 2.09. The molecule has 2 atom stereocenters. The van der Waals surface area contributed by atoms with Gasteiger partial charge in [-0.3, -0.25) is 9.80 Å². The van der Waals surface area contributed by atoms with E-state index in [9.17, 15) is 0 Å². The van der Waals surface area contributed by atoms with Crippen LogP contribution in [0.2, 0.25) is 0 Å². The summed E-state index contributed by atoms with van der Waals surface area (Å²) in [5.74, 6) is 1.83. The van der Waals surface area contributed by atoms with Crippen LogP contribution in [0.4, 0.5) is 0 Å². The van der Waals surface area contributed by atoms with E-state index < -0.39 is 0 Å². The van der Waals surface area contributed by atoms with Crippen molar-refractivity contribution in [1.29, 1.82) is 0 Å². The quantitative estimate of drug-likeness (QED) is 0.820. The monoisotopic (exact) mass is 311 g/mol. The van der Waals surface area contributed by atoms with Crippen LogP contribution in [0.15, 0.2) is 40.9 Å². The molecular formula is C19H25N3O. The van der Waals surface area contributed by atoms with Gasteiger partial charge < -0.3 is 4.52 Å². The number of benzene rings is 1. The van der Waals surface area contributed by atoms with Gasteiger partial charge in [0.2, 0.25) is 0 Å². The largest absolute Gasteiger partial charge is 0.356 e. The number of hydrogen-bond donors (Lipinski definition) is 0. The van der Waals surface area contributed by atoms with Crippen LogP contribution >= 0.6 is 0 Å². The van der Waals surface area contributed by atoms with Gasteiger partial charge in [0, 0.05) is 43.9 Å². The lowest BCUT2D eigenvalue weighted by Gasteiger charge is -2.28. The molecule has 2 aliphatic rings. The molecule has 0 radical (unpaired) electrons. The maximum Gasteiger partial charge on any atom is 0.167 e. The van der Waals surface area contributed by atoms with Crippen molar-refractivity contribution in [3.63, 3.8) is 0 Å². The highest BCUT2D eigenvalue weighted by molar-refractivity contribution is 5.56. The third kappa shape index (κ3) is 3.33. The highest BCUT2D eigenvalue weighted by Crippen LogP contribution is 2.36. The van der Waals surface area contributed by atoms with E-state index in [1.165, 1.54) is 32.4 Å². The average molecular weight is 311 g/mol. The summed E-state index contributed by atoms with van der Waals surface area (Å²) in [5, 5.41) is 4.22. The smallest absolute Gasteiger partial charge is 0.167 e. The Morgan fingerprint density at radius 1 is 1.26 bits per heavy atom. The van der Waals surface area contributed by atoms with Crippen molar-refractivity contribution in [3.05, 3.63) is 42.1 Å². The van der Waals surface area contributed by atoms with E-state index in [0.29, 0.717) is 0 Å². The van der Waals surface area contributed by atoms with Gasteiger partial charge in [-0.1, -0.05) is 35.5 Å². The normalized spacial score (nSPS) is 23.9. The summed E-state index contributed by atoms with van der Waals surface area (Å²) in [6.45, 7) is 4.44. The minimum atomic E-state index is 0.846. The molecule has 4 rings (SSSR count). The van der Waals surface area contributed by atoms with Gasteiger partial charge >= 0.3 is 0 Å². The molecule has 2 bridgehead atoms. The Hall–Kier alpha value is -1.65. The summed E-state index contributed by atoms with van der Waals surface area (Å²) < 4.78 is 5.48. The highest BCUT2D eigenvalue weighted by atomic mass is 16.5. The van der Waals surface area contributed by atoms with Crippen LogP contribution in [0, 0.1) is 5.92 Å². The van der Waals surface area contributed by atoms with Gasteiger partial charge in [0.1, 0.15) is 0 Å². The predicted octanol–water partition coefficient (Wildman–Crippen LogP) is 3.26. The summed E-state index contributed by atoms with van der Waals surface area (Å²) >= 11 is 0. The molecule has 1 aromatic heterocycles. The van der Waals surface area contributed by atoms with E-state index in [2.05, 4.69) is 40.2 Å². The minimum absolute atomic E-state index is 0.846. The van der Waals surface area contributed by atoms with Crippen molar-refractivity contribution in [2.24, 2.45) is 5.92 Å². The Morgan fingerprint density at radius 2 is 2.13 bits per heavy atom. The molecule has 1 aliphatic heterocycles. The summed E-state index contributed by atoms with van der Waals surface area (Å²) in [6.07, 6.45) is 4.31. The zero-order chi connectivity index (χ0) is 15.6. The van der Waals surface area contributed by atoms with E-state index in [1.807, 2.05) is 18.2 Å². The Morgan fingerprint density at radius 3 is 2.87 bits per heavy atom. The molecule has 0 amide bonds.